The number of nitriles is 1. The molecule has 1 N–H and O–H groups in total. The fraction of sp³-hybridized carbons (Fsp3) is 0.562. The molecule has 0 heterocycles. The number of nitrogens with zero attached hydrogens (tertiary/aromatic N) is 2. The smallest absolute Gasteiger partial charge is 0.0994 e. The molecule has 0 radical (unpaired) electrons. The van der Waals surface area contributed by atoms with Crippen LogP contribution in [0.15, 0.2) is 18.2 Å². The van der Waals surface area contributed by atoms with E-state index >= 15 is 0 Å². The van der Waals surface area contributed by atoms with Gasteiger partial charge in [-0.25, -0.2) is 0 Å². The molecule has 0 saturated carbocycles. The predicted molar refractivity (Wildman–Crippen MR) is 81.4 cm³/mol. The Bertz CT molecular complexity index is 432. The van der Waals surface area contributed by atoms with E-state index in [4.69, 9.17) is 5.26 Å². The van der Waals surface area contributed by atoms with E-state index in [0.717, 1.165) is 36.3 Å². The SMILES string of the molecule is Cc1cc(NCCCCN(C)C(C)C)ccc1C#N. The van der Waals surface area contributed by atoms with E-state index in [0.29, 0.717) is 6.04 Å². The number of aryl methyl sites for hydroxylation is 1. The van der Waals surface area contributed by atoms with Crippen molar-refractivity contribution in [2.24, 2.45) is 0 Å². The van der Waals surface area contributed by atoms with Crippen molar-refractivity contribution in [3.05, 3.63) is 29.3 Å². The van der Waals surface area contributed by atoms with E-state index in [1.807, 2.05) is 25.1 Å². The highest BCUT2D eigenvalue weighted by atomic mass is 15.1. The third-order valence-corrected chi connectivity index (χ3v) is 3.50. The first-order valence-electron chi connectivity index (χ1n) is 6.99. The Labute approximate surface area is 117 Å². The average molecular weight is 259 g/mol. The zero-order valence-corrected chi connectivity index (χ0v) is 12.5. The second kappa shape index (κ2) is 7.81. The van der Waals surface area contributed by atoms with Crippen LogP contribution in [0.1, 0.15) is 37.8 Å². The van der Waals surface area contributed by atoms with Crippen LogP contribution in [-0.4, -0.2) is 31.1 Å². The number of nitrogens with one attached hydrogen (secondary N) is 1. The second-order valence-electron chi connectivity index (χ2n) is 5.35. The summed E-state index contributed by atoms with van der Waals surface area (Å²) in [6.45, 7) is 8.54. The lowest BCUT2D eigenvalue weighted by atomic mass is 10.1. The molecule has 1 rings (SSSR count). The van der Waals surface area contributed by atoms with Crippen molar-refractivity contribution in [1.82, 2.24) is 4.90 Å². The molecule has 19 heavy (non-hydrogen) atoms. The Balaban J connectivity index is 2.27. The normalized spacial score (nSPS) is 10.8. The number of benzene rings is 1. The van der Waals surface area contributed by atoms with Crippen LogP contribution < -0.4 is 5.32 Å². The zero-order chi connectivity index (χ0) is 14.3. The summed E-state index contributed by atoms with van der Waals surface area (Å²) in [6.07, 6.45) is 2.37. The summed E-state index contributed by atoms with van der Waals surface area (Å²) in [4.78, 5) is 2.37. The van der Waals surface area contributed by atoms with Crippen molar-refractivity contribution in [3.63, 3.8) is 0 Å². The quantitative estimate of drug-likeness (QED) is 0.763. The predicted octanol–water partition coefficient (Wildman–Crippen LogP) is 3.40. The fourth-order valence-electron chi connectivity index (χ4n) is 1.88. The summed E-state index contributed by atoms with van der Waals surface area (Å²) >= 11 is 0. The number of hydrogen-bond donors (Lipinski definition) is 1. The molecule has 0 spiro atoms. The van der Waals surface area contributed by atoms with Crippen LogP contribution in [-0.2, 0) is 0 Å². The Morgan fingerprint density at radius 1 is 1.32 bits per heavy atom. The van der Waals surface area contributed by atoms with Gasteiger partial charge in [0, 0.05) is 18.3 Å². The van der Waals surface area contributed by atoms with Crippen molar-refractivity contribution >= 4 is 5.69 Å². The minimum absolute atomic E-state index is 0.620. The zero-order valence-electron chi connectivity index (χ0n) is 12.5. The Morgan fingerprint density at radius 2 is 2.05 bits per heavy atom. The third kappa shape index (κ3) is 5.32. The van der Waals surface area contributed by atoms with Gasteiger partial charge in [0.1, 0.15) is 0 Å². The standard InChI is InChI=1S/C16H25N3/c1-13(2)19(4)10-6-5-9-18-16-8-7-15(12-17)14(3)11-16/h7-8,11,13,18H,5-6,9-10H2,1-4H3. The maximum absolute atomic E-state index is 8.88. The van der Waals surface area contributed by atoms with Gasteiger partial charge in [0.25, 0.3) is 0 Å². The number of hydrogen-bond acceptors (Lipinski definition) is 3. The first kappa shape index (κ1) is 15.5. The van der Waals surface area contributed by atoms with Gasteiger partial charge >= 0.3 is 0 Å². The van der Waals surface area contributed by atoms with Crippen molar-refractivity contribution in [1.29, 1.82) is 5.26 Å². The van der Waals surface area contributed by atoms with Gasteiger partial charge in [-0.1, -0.05) is 0 Å². The van der Waals surface area contributed by atoms with Crippen molar-refractivity contribution < 1.29 is 0 Å². The summed E-state index contributed by atoms with van der Waals surface area (Å²) in [7, 11) is 2.17. The molecule has 3 nitrogen and oxygen atoms in total. The van der Waals surface area contributed by atoms with E-state index in [-0.39, 0.29) is 0 Å². The van der Waals surface area contributed by atoms with Crippen LogP contribution in [0, 0.1) is 18.3 Å². The lowest BCUT2D eigenvalue weighted by Crippen LogP contribution is -2.27. The largest absolute Gasteiger partial charge is 0.385 e. The van der Waals surface area contributed by atoms with Gasteiger partial charge in [-0.2, -0.15) is 5.26 Å². The second-order valence-corrected chi connectivity index (χ2v) is 5.35. The molecule has 1 aromatic rings. The number of unbranched alkanes of at least 4 members (excludes halogenated alkanes) is 1. The summed E-state index contributed by atoms with van der Waals surface area (Å²) in [5.74, 6) is 0. The van der Waals surface area contributed by atoms with Crippen molar-refractivity contribution in [3.8, 4) is 6.07 Å². The van der Waals surface area contributed by atoms with E-state index in [9.17, 15) is 0 Å². The number of rotatable bonds is 7. The van der Waals surface area contributed by atoms with Crippen LogP contribution in [0.4, 0.5) is 5.69 Å². The van der Waals surface area contributed by atoms with Crippen LogP contribution in [0.3, 0.4) is 0 Å². The Morgan fingerprint density at radius 3 is 2.63 bits per heavy atom. The fourth-order valence-corrected chi connectivity index (χ4v) is 1.88. The molecule has 0 atom stereocenters. The highest BCUT2D eigenvalue weighted by molar-refractivity contribution is 5.51. The molecular formula is C16H25N3. The lowest BCUT2D eigenvalue weighted by Gasteiger charge is -2.20. The summed E-state index contributed by atoms with van der Waals surface area (Å²) in [5.41, 5.74) is 2.89. The maximum Gasteiger partial charge on any atom is 0.0994 e. The van der Waals surface area contributed by atoms with E-state index in [2.05, 4.69) is 37.2 Å². The molecule has 0 fully saturated rings. The molecule has 0 aliphatic carbocycles. The maximum atomic E-state index is 8.88. The topological polar surface area (TPSA) is 39.1 Å². The Kier molecular flexibility index (Phi) is 6.38. The average Bonchev–Trinajstić information content (AvgIpc) is 2.38. The first-order chi connectivity index (χ1) is 9.04. The highest BCUT2D eigenvalue weighted by Crippen LogP contribution is 2.14. The minimum Gasteiger partial charge on any atom is -0.385 e. The molecule has 0 unspecified atom stereocenters. The van der Waals surface area contributed by atoms with Crippen LogP contribution in [0.5, 0.6) is 0 Å². The summed E-state index contributed by atoms with van der Waals surface area (Å²) < 4.78 is 0. The van der Waals surface area contributed by atoms with Crippen LogP contribution in [0.25, 0.3) is 0 Å². The van der Waals surface area contributed by atoms with Crippen LogP contribution in [0.2, 0.25) is 0 Å². The molecule has 0 aliphatic rings. The van der Waals surface area contributed by atoms with Gasteiger partial charge in [-0.3, -0.25) is 0 Å². The molecule has 0 aromatic heterocycles. The molecule has 0 amide bonds. The van der Waals surface area contributed by atoms with Crippen molar-refractivity contribution in [2.45, 2.75) is 39.7 Å². The van der Waals surface area contributed by atoms with Gasteiger partial charge in [0.2, 0.25) is 0 Å². The highest BCUT2D eigenvalue weighted by Gasteiger charge is 2.02. The molecule has 0 saturated heterocycles. The van der Waals surface area contributed by atoms with Crippen molar-refractivity contribution in [2.75, 3.05) is 25.5 Å². The third-order valence-electron chi connectivity index (χ3n) is 3.50. The number of anilines is 1. The summed E-state index contributed by atoms with van der Waals surface area (Å²) in [5, 5.41) is 12.3. The molecule has 104 valence electrons. The monoisotopic (exact) mass is 259 g/mol. The Hall–Kier alpha value is -1.53. The molecule has 0 bridgehead atoms. The molecule has 0 aliphatic heterocycles. The minimum atomic E-state index is 0.620. The summed E-state index contributed by atoms with van der Waals surface area (Å²) in [6, 6.07) is 8.71. The molecule has 1 aromatic carbocycles. The van der Waals surface area contributed by atoms with E-state index in [1.54, 1.807) is 0 Å². The van der Waals surface area contributed by atoms with E-state index < -0.39 is 0 Å². The van der Waals surface area contributed by atoms with Gasteiger partial charge < -0.3 is 10.2 Å². The molecular weight excluding hydrogens is 234 g/mol. The van der Waals surface area contributed by atoms with Gasteiger partial charge in [-0.15, -0.1) is 0 Å². The van der Waals surface area contributed by atoms with E-state index in [1.165, 1.54) is 6.42 Å². The van der Waals surface area contributed by atoms with Crippen LogP contribution >= 0.6 is 0 Å². The van der Waals surface area contributed by atoms with Gasteiger partial charge in [0.15, 0.2) is 0 Å². The molecule has 3 heteroatoms. The lowest BCUT2D eigenvalue weighted by molar-refractivity contribution is 0.269. The first-order valence-corrected chi connectivity index (χ1v) is 6.99. The van der Waals surface area contributed by atoms with Gasteiger partial charge in [-0.05, 0) is 71.0 Å². The van der Waals surface area contributed by atoms with Gasteiger partial charge in [0.05, 0.1) is 11.6 Å².